The Hall–Kier alpha value is -1.88. The first-order chi connectivity index (χ1) is 9.51. The molecule has 0 aliphatic heterocycles. The highest BCUT2D eigenvalue weighted by atomic mass is 19.1. The highest BCUT2D eigenvalue weighted by molar-refractivity contribution is 5.55. The summed E-state index contributed by atoms with van der Waals surface area (Å²) in [4.78, 5) is 4.40. The molecule has 0 aliphatic carbocycles. The largest absolute Gasteiger partial charge is 0.383 e. The third kappa shape index (κ3) is 3.17. The van der Waals surface area contributed by atoms with Crippen molar-refractivity contribution in [1.29, 1.82) is 0 Å². The van der Waals surface area contributed by atoms with Crippen LogP contribution in [0.15, 0.2) is 24.4 Å². The summed E-state index contributed by atoms with van der Waals surface area (Å²) in [5.74, 6) is 0.339. The Kier molecular flexibility index (Phi) is 4.39. The monoisotopic (exact) mass is 277 g/mol. The van der Waals surface area contributed by atoms with Crippen LogP contribution in [0.25, 0.3) is 0 Å². The van der Waals surface area contributed by atoms with E-state index in [1.165, 1.54) is 6.07 Å². The molecule has 5 heteroatoms. The van der Waals surface area contributed by atoms with E-state index in [0.717, 1.165) is 11.3 Å². The van der Waals surface area contributed by atoms with Crippen LogP contribution in [-0.2, 0) is 4.74 Å². The maximum Gasteiger partial charge on any atom is 0.207 e. The molecule has 0 radical (unpaired) electrons. The number of benzene rings is 1. The molecule has 0 fully saturated rings. The van der Waals surface area contributed by atoms with Gasteiger partial charge in [-0.3, -0.25) is 0 Å². The third-order valence-corrected chi connectivity index (χ3v) is 3.11. The van der Waals surface area contributed by atoms with E-state index in [-0.39, 0.29) is 11.9 Å². The molecule has 0 saturated heterocycles. The van der Waals surface area contributed by atoms with Crippen molar-refractivity contribution in [2.24, 2.45) is 0 Å². The van der Waals surface area contributed by atoms with Gasteiger partial charge in [-0.2, -0.15) is 0 Å². The lowest BCUT2D eigenvalue weighted by atomic mass is 10.2. The summed E-state index contributed by atoms with van der Waals surface area (Å²) in [6, 6.07) is 5.21. The van der Waals surface area contributed by atoms with E-state index in [1.807, 2.05) is 37.6 Å². The van der Waals surface area contributed by atoms with Gasteiger partial charge in [0.2, 0.25) is 5.95 Å². The zero-order valence-electron chi connectivity index (χ0n) is 12.3. The van der Waals surface area contributed by atoms with Crippen LogP contribution in [0.1, 0.15) is 24.2 Å². The molecule has 2 rings (SSSR count). The van der Waals surface area contributed by atoms with E-state index in [0.29, 0.717) is 18.2 Å². The SMILES string of the molecule is COCC(C)n1cc(C)nc1Nc1ccc(C)cc1F. The second-order valence-corrected chi connectivity index (χ2v) is 5.03. The molecule has 1 aromatic heterocycles. The lowest BCUT2D eigenvalue weighted by molar-refractivity contribution is 0.163. The molecule has 4 nitrogen and oxygen atoms in total. The zero-order chi connectivity index (χ0) is 14.7. The second-order valence-electron chi connectivity index (χ2n) is 5.03. The van der Waals surface area contributed by atoms with E-state index >= 15 is 0 Å². The normalized spacial score (nSPS) is 12.4. The smallest absolute Gasteiger partial charge is 0.207 e. The number of anilines is 2. The Morgan fingerprint density at radius 3 is 2.80 bits per heavy atom. The highest BCUT2D eigenvalue weighted by Gasteiger charge is 2.13. The molecule has 1 heterocycles. The number of rotatable bonds is 5. The fourth-order valence-electron chi connectivity index (χ4n) is 2.11. The number of nitrogens with one attached hydrogen (secondary N) is 1. The van der Waals surface area contributed by atoms with Gasteiger partial charge in [0, 0.05) is 13.3 Å². The molecule has 0 saturated carbocycles. The van der Waals surface area contributed by atoms with Gasteiger partial charge in [-0.15, -0.1) is 0 Å². The Bertz CT molecular complexity index is 595. The van der Waals surface area contributed by atoms with Gasteiger partial charge in [0.25, 0.3) is 0 Å². The fraction of sp³-hybridized carbons (Fsp3) is 0.400. The number of nitrogens with zero attached hydrogens (tertiary/aromatic N) is 2. The summed E-state index contributed by atoms with van der Waals surface area (Å²) in [7, 11) is 1.66. The van der Waals surface area contributed by atoms with Crippen LogP contribution in [0.5, 0.6) is 0 Å². The van der Waals surface area contributed by atoms with Crippen molar-refractivity contribution in [3.8, 4) is 0 Å². The van der Waals surface area contributed by atoms with E-state index < -0.39 is 0 Å². The molecule has 1 aromatic carbocycles. The summed E-state index contributed by atoms with van der Waals surface area (Å²) in [5, 5.41) is 3.05. The molecule has 0 bridgehead atoms. The quantitative estimate of drug-likeness (QED) is 0.907. The lowest BCUT2D eigenvalue weighted by Gasteiger charge is -2.16. The molecule has 108 valence electrons. The first kappa shape index (κ1) is 14.5. The number of methoxy groups -OCH3 is 1. The van der Waals surface area contributed by atoms with E-state index in [4.69, 9.17) is 4.74 Å². The van der Waals surface area contributed by atoms with Crippen LogP contribution < -0.4 is 5.32 Å². The topological polar surface area (TPSA) is 39.1 Å². The Labute approximate surface area is 118 Å². The Balaban J connectivity index is 2.29. The number of hydrogen-bond donors (Lipinski definition) is 1. The number of ether oxygens (including phenoxy) is 1. The standard InChI is InChI=1S/C15H20FN3O/c1-10-5-6-14(13(16)7-10)18-15-17-11(2)8-19(15)12(3)9-20-4/h5-8,12H,9H2,1-4H3,(H,17,18). The fourth-order valence-corrected chi connectivity index (χ4v) is 2.11. The maximum absolute atomic E-state index is 13.9. The molecular weight excluding hydrogens is 257 g/mol. The third-order valence-electron chi connectivity index (χ3n) is 3.11. The molecule has 1 atom stereocenters. The van der Waals surface area contributed by atoms with Crippen molar-refractivity contribution in [2.75, 3.05) is 19.0 Å². The van der Waals surface area contributed by atoms with Gasteiger partial charge in [0.05, 0.1) is 24.0 Å². The zero-order valence-corrected chi connectivity index (χ0v) is 12.3. The van der Waals surface area contributed by atoms with Gasteiger partial charge in [-0.05, 0) is 38.5 Å². The highest BCUT2D eigenvalue weighted by Crippen LogP contribution is 2.23. The van der Waals surface area contributed by atoms with Gasteiger partial charge in [0.1, 0.15) is 5.82 Å². The summed E-state index contributed by atoms with van der Waals surface area (Å²) in [5.41, 5.74) is 2.19. The average molecular weight is 277 g/mol. The number of hydrogen-bond acceptors (Lipinski definition) is 3. The summed E-state index contributed by atoms with van der Waals surface area (Å²) in [6.45, 7) is 6.37. The molecule has 1 unspecified atom stereocenters. The van der Waals surface area contributed by atoms with Gasteiger partial charge in [0.15, 0.2) is 0 Å². The number of imidazole rings is 1. The van der Waals surface area contributed by atoms with Crippen LogP contribution in [0, 0.1) is 19.7 Å². The minimum atomic E-state index is -0.281. The van der Waals surface area contributed by atoms with E-state index in [2.05, 4.69) is 10.3 Å². The molecule has 2 aromatic rings. The van der Waals surface area contributed by atoms with Crippen LogP contribution in [0.4, 0.5) is 16.0 Å². The predicted molar refractivity (Wildman–Crippen MR) is 78.0 cm³/mol. The van der Waals surface area contributed by atoms with Crippen molar-refractivity contribution in [3.63, 3.8) is 0 Å². The predicted octanol–water partition coefficient (Wildman–Crippen LogP) is 3.59. The van der Waals surface area contributed by atoms with Gasteiger partial charge in [-0.25, -0.2) is 9.37 Å². The van der Waals surface area contributed by atoms with Crippen molar-refractivity contribution in [2.45, 2.75) is 26.8 Å². The molecule has 1 N–H and O–H groups in total. The van der Waals surface area contributed by atoms with Crippen molar-refractivity contribution >= 4 is 11.6 Å². The van der Waals surface area contributed by atoms with Crippen LogP contribution in [0.3, 0.4) is 0 Å². The first-order valence-electron chi connectivity index (χ1n) is 6.59. The summed E-state index contributed by atoms with van der Waals surface area (Å²) in [6.07, 6.45) is 1.93. The summed E-state index contributed by atoms with van der Waals surface area (Å²) >= 11 is 0. The van der Waals surface area contributed by atoms with Gasteiger partial charge < -0.3 is 14.6 Å². The summed E-state index contributed by atoms with van der Waals surface area (Å²) < 4.78 is 21.0. The van der Waals surface area contributed by atoms with Crippen LogP contribution in [-0.4, -0.2) is 23.3 Å². The number of aromatic nitrogens is 2. The Morgan fingerprint density at radius 2 is 2.15 bits per heavy atom. The number of halogens is 1. The van der Waals surface area contributed by atoms with Crippen LogP contribution in [0.2, 0.25) is 0 Å². The second kappa shape index (κ2) is 6.05. The molecule has 0 amide bonds. The maximum atomic E-state index is 13.9. The van der Waals surface area contributed by atoms with Gasteiger partial charge in [-0.1, -0.05) is 6.07 Å². The minimum Gasteiger partial charge on any atom is -0.383 e. The van der Waals surface area contributed by atoms with Crippen molar-refractivity contribution in [1.82, 2.24) is 9.55 Å². The minimum absolute atomic E-state index is 0.122. The first-order valence-corrected chi connectivity index (χ1v) is 6.59. The Morgan fingerprint density at radius 1 is 1.40 bits per heavy atom. The lowest BCUT2D eigenvalue weighted by Crippen LogP contribution is -2.13. The average Bonchev–Trinajstić information content (AvgIpc) is 2.74. The van der Waals surface area contributed by atoms with Crippen molar-refractivity contribution in [3.05, 3.63) is 41.5 Å². The molecule has 20 heavy (non-hydrogen) atoms. The van der Waals surface area contributed by atoms with Gasteiger partial charge >= 0.3 is 0 Å². The molecular formula is C15H20FN3O. The molecule has 0 spiro atoms. The number of aryl methyl sites for hydroxylation is 2. The van der Waals surface area contributed by atoms with Crippen molar-refractivity contribution < 1.29 is 9.13 Å². The van der Waals surface area contributed by atoms with E-state index in [9.17, 15) is 4.39 Å². The van der Waals surface area contributed by atoms with E-state index in [1.54, 1.807) is 13.2 Å². The molecule has 0 aliphatic rings. The van der Waals surface area contributed by atoms with Crippen LogP contribution >= 0.6 is 0 Å².